The molecule has 4 aromatic rings. The third-order valence-corrected chi connectivity index (χ3v) is 8.89. The fourth-order valence-corrected chi connectivity index (χ4v) is 5.96. The van der Waals surface area contributed by atoms with Crippen LogP contribution >= 0.6 is 0 Å². The van der Waals surface area contributed by atoms with Gasteiger partial charge < -0.3 is 35.1 Å². The maximum Gasteiger partial charge on any atom is 0.328 e. The number of aliphatic hydroxyl groups is 2. The van der Waals surface area contributed by atoms with Crippen molar-refractivity contribution in [3.8, 4) is 0 Å². The van der Waals surface area contributed by atoms with Gasteiger partial charge in [-0.15, -0.1) is 0 Å². The van der Waals surface area contributed by atoms with E-state index in [2.05, 4.69) is 15.5 Å². The number of nitrogens with zero attached hydrogens (tertiary/aromatic N) is 1. The number of hydrogen-bond acceptors (Lipinski definition) is 8. The fourth-order valence-electron chi connectivity index (χ4n) is 5.96. The van der Waals surface area contributed by atoms with Crippen molar-refractivity contribution in [2.75, 3.05) is 26.0 Å². The summed E-state index contributed by atoms with van der Waals surface area (Å²) in [5, 5.41) is 26.2. The molecule has 0 spiro atoms. The molecule has 1 heterocycles. The second kappa shape index (κ2) is 17.2. The molecule has 10 nitrogen and oxygen atoms in total. The molecule has 1 aliphatic rings. The first kappa shape index (κ1) is 35.7. The van der Waals surface area contributed by atoms with Crippen molar-refractivity contribution >= 4 is 17.7 Å². The van der Waals surface area contributed by atoms with Gasteiger partial charge >= 0.3 is 12.0 Å². The minimum Gasteiger partial charge on any atom is -0.467 e. The van der Waals surface area contributed by atoms with Gasteiger partial charge in [0.25, 0.3) is 0 Å². The summed E-state index contributed by atoms with van der Waals surface area (Å²) in [5.41, 5.74) is 4.69. The van der Waals surface area contributed by atoms with Crippen LogP contribution in [-0.4, -0.2) is 66.0 Å². The van der Waals surface area contributed by atoms with E-state index in [0.29, 0.717) is 24.2 Å². The van der Waals surface area contributed by atoms with E-state index >= 15 is 0 Å². The van der Waals surface area contributed by atoms with E-state index < -0.39 is 30.4 Å². The highest BCUT2D eigenvalue weighted by Crippen LogP contribution is 2.39. The van der Waals surface area contributed by atoms with Crippen LogP contribution in [0.3, 0.4) is 0 Å². The molecule has 0 aliphatic carbocycles. The summed E-state index contributed by atoms with van der Waals surface area (Å²) in [7, 11) is 3.26. The third kappa shape index (κ3) is 9.75. The van der Waals surface area contributed by atoms with Crippen LogP contribution in [0, 0.1) is 0 Å². The number of aliphatic hydroxyl groups excluding tert-OH is 2. The molecule has 258 valence electrons. The summed E-state index contributed by atoms with van der Waals surface area (Å²) in [5.74, 6) is -0.545. The Morgan fingerprint density at radius 3 is 2.27 bits per heavy atom. The predicted molar refractivity (Wildman–Crippen MR) is 186 cm³/mol. The highest BCUT2D eigenvalue weighted by molar-refractivity contribution is 5.92. The number of benzene rings is 4. The zero-order chi connectivity index (χ0) is 34.8. The van der Waals surface area contributed by atoms with Crippen LogP contribution in [0.1, 0.15) is 59.7 Å². The van der Waals surface area contributed by atoms with Crippen molar-refractivity contribution in [2.24, 2.45) is 0 Å². The minimum absolute atomic E-state index is 0.0490. The van der Waals surface area contributed by atoms with E-state index in [0.717, 1.165) is 22.3 Å². The van der Waals surface area contributed by atoms with Crippen molar-refractivity contribution in [3.63, 3.8) is 0 Å². The molecule has 1 saturated heterocycles. The number of nitrogens with one attached hydrogen (secondary N) is 2. The van der Waals surface area contributed by atoms with E-state index in [1.165, 1.54) is 7.11 Å². The van der Waals surface area contributed by atoms with Gasteiger partial charge in [-0.1, -0.05) is 97.1 Å². The standard InChI is InChI=1S/C39H45N3O7/c1-26(36(44)30-13-8-5-9-14-30)42(2)24-33-23-35(29-19-17-28(25-43)18-20-29)49-38(48-33)31-15-10-16-32(22-31)40-39(46)41-34(37(45)47-3)21-27-11-6-4-7-12-27/h4-20,22,26,33-36,38,43-44H,21,23-25H2,1-3H3,(H2,40,41,46)/t26-,33+,34+,35-,36-,38-/m1/s1. The average molecular weight is 668 g/mol. The van der Waals surface area contributed by atoms with Crippen LogP contribution in [0.5, 0.6) is 0 Å². The van der Waals surface area contributed by atoms with Crippen LogP contribution in [0.2, 0.25) is 0 Å². The van der Waals surface area contributed by atoms with Crippen molar-refractivity contribution in [3.05, 3.63) is 137 Å². The zero-order valence-corrected chi connectivity index (χ0v) is 28.1. The lowest BCUT2D eigenvalue weighted by Gasteiger charge is -2.39. The number of methoxy groups -OCH3 is 1. The van der Waals surface area contributed by atoms with E-state index in [9.17, 15) is 19.8 Å². The number of amides is 2. The first-order valence-electron chi connectivity index (χ1n) is 16.5. The number of esters is 1. The number of likely N-dealkylation sites (N-methyl/N-ethyl adjacent to an activating group) is 1. The van der Waals surface area contributed by atoms with Gasteiger partial charge in [0.1, 0.15) is 6.04 Å². The van der Waals surface area contributed by atoms with Crippen molar-refractivity contribution in [2.45, 2.75) is 63.1 Å². The normalized spacial score (nSPS) is 19.4. The molecule has 0 unspecified atom stereocenters. The molecular formula is C39H45N3O7. The van der Waals surface area contributed by atoms with Gasteiger partial charge in [0.05, 0.1) is 32.0 Å². The van der Waals surface area contributed by atoms with E-state index in [1.54, 1.807) is 18.2 Å². The molecule has 2 amide bonds. The number of rotatable bonds is 13. The highest BCUT2D eigenvalue weighted by atomic mass is 16.7. The maximum absolute atomic E-state index is 13.1. The Bertz CT molecular complexity index is 1640. The first-order chi connectivity index (χ1) is 23.7. The summed E-state index contributed by atoms with van der Waals surface area (Å²) in [6, 6.07) is 32.3. The predicted octanol–water partition coefficient (Wildman–Crippen LogP) is 5.68. The summed E-state index contributed by atoms with van der Waals surface area (Å²) >= 11 is 0. The number of carbonyl (C=O) groups is 2. The molecule has 6 atom stereocenters. The van der Waals surface area contributed by atoms with E-state index in [4.69, 9.17) is 14.2 Å². The summed E-state index contributed by atoms with van der Waals surface area (Å²) < 4.78 is 18.0. The number of urea groups is 1. The smallest absolute Gasteiger partial charge is 0.328 e. The monoisotopic (exact) mass is 667 g/mol. The lowest BCUT2D eigenvalue weighted by Crippen LogP contribution is -2.45. The zero-order valence-electron chi connectivity index (χ0n) is 28.1. The molecule has 4 aromatic carbocycles. The molecule has 4 N–H and O–H groups in total. The second-order valence-corrected chi connectivity index (χ2v) is 12.4. The molecule has 0 bridgehead atoms. The van der Waals surface area contributed by atoms with Crippen molar-refractivity contribution in [1.29, 1.82) is 0 Å². The number of carbonyl (C=O) groups excluding carboxylic acids is 2. The summed E-state index contributed by atoms with van der Waals surface area (Å²) in [4.78, 5) is 27.6. The average Bonchev–Trinajstić information content (AvgIpc) is 3.14. The van der Waals surface area contributed by atoms with E-state index in [1.807, 2.05) is 105 Å². The van der Waals surface area contributed by atoms with Gasteiger partial charge in [0.2, 0.25) is 0 Å². The van der Waals surface area contributed by atoms with Gasteiger partial charge in [-0.2, -0.15) is 0 Å². The van der Waals surface area contributed by atoms with Gasteiger partial charge in [0.15, 0.2) is 6.29 Å². The Kier molecular flexibility index (Phi) is 12.5. The largest absolute Gasteiger partial charge is 0.467 e. The first-order valence-corrected chi connectivity index (χ1v) is 16.5. The molecule has 49 heavy (non-hydrogen) atoms. The number of ether oxygens (including phenoxy) is 3. The molecular weight excluding hydrogens is 622 g/mol. The molecule has 0 radical (unpaired) electrons. The Morgan fingerprint density at radius 2 is 1.59 bits per heavy atom. The third-order valence-electron chi connectivity index (χ3n) is 8.89. The maximum atomic E-state index is 13.1. The molecule has 0 saturated carbocycles. The number of anilines is 1. The van der Waals surface area contributed by atoms with Crippen LogP contribution in [-0.2, 0) is 32.0 Å². The van der Waals surface area contributed by atoms with Crippen LogP contribution in [0.4, 0.5) is 10.5 Å². The molecule has 10 heteroatoms. The topological polar surface area (TPSA) is 130 Å². The molecule has 0 aromatic heterocycles. The Balaban J connectivity index is 1.31. The van der Waals surface area contributed by atoms with Gasteiger partial charge in [0, 0.05) is 36.7 Å². The quantitative estimate of drug-likeness (QED) is 0.134. The second-order valence-electron chi connectivity index (χ2n) is 12.4. The Morgan fingerprint density at radius 1 is 0.898 bits per heavy atom. The summed E-state index contributed by atoms with van der Waals surface area (Å²) in [6.45, 7) is 2.48. The molecule has 1 fully saturated rings. The molecule has 1 aliphatic heterocycles. The molecule has 5 rings (SSSR count). The Hall–Kier alpha value is -4.58. The fraction of sp³-hybridized carbons (Fsp3) is 0.333. The lowest BCUT2D eigenvalue weighted by molar-refractivity contribution is -0.253. The SMILES string of the molecule is COC(=O)[C@H](Cc1ccccc1)NC(=O)Nc1cccc([C@@H]2O[C@H](CN(C)[C@H](C)[C@@H](O)c3ccccc3)C[C@H](c3ccc(CO)cc3)O2)c1. The van der Waals surface area contributed by atoms with Crippen molar-refractivity contribution in [1.82, 2.24) is 10.2 Å². The Labute approximate surface area is 287 Å². The highest BCUT2D eigenvalue weighted by Gasteiger charge is 2.34. The van der Waals surface area contributed by atoms with Gasteiger partial charge in [-0.25, -0.2) is 9.59 Å². The van der Waals surface area contributed by atoms with Crippen LogP contribution < -0.4 is 10.6 Å². The van der Waals surface area contributed by atoms with Gasteiger partial charge in [-0.05, 0) is 48.4 Å². The van der Waals surface area contributed by atoms with Crippen LogP contribution in [0.15, 0.2) is 109 Å². The summed E-state index contributed by atoms with van der Waals surface area (Å²) in [6.07, 6.45) is -1.14. The van der Waals surface area contributed by atoms with Gasteiger partial charge in [-0.3, -0.25) is 4.90 Å². The lowest BCUT2D eigenvalue weighted by atomic mass is 9.98. The van der Waals surface area contributed by atoms with Crippen LogP contribution in [0.25, 0.3) is 0 Å². The van der Waals surface area contributed by atoms with E-state index in [-0.39, 0.29) is 31.3 Å². The van der Waals surface area contributed by atoms with Crippen molar-refractivity contribution < 1.29 is 34.0 Å². The number of hydrogen-bond donors (Lipinski definition) is 4. The minimum atomic E-state index is -0.876.